The molecule has 1 aliphatic rings. The summed E-state index contributed by atoms with van der Waals surface area (Å²) >= 11 is 0. The van der Waals surface area contributed by atoms with Crippen molar-refractivity contribution in [2.75, 3.05) is 20.3 Å². The largest absolute Gasteiger partial charge is 0.494 e. The molecule has 3 rings (SSSR count). The Morgan fingerprint density at radius 3 is 2.79 bits per heavy atom. The fraction of sp³-hybridized carbons (Fsp3) is 0.417. The summed E-state index contributed by atoms with van der Waals surface area (Å²) in [6.45, 7) is 2.95. The van der Waals surface area contributed by atoms with E-state index in [-0.39, 0.29) is 11.7 Å². The fourth-order valence-electron chi connectivity index (χ4n) is 1.97. The average molecular weight is 262 g/mol. The molecule has 0 bridgehead atoms. The third-order valence-electron chi connectivity index (χ3n) is 3.13. The molecule has 19 heavy (non-hydrogen) atoms. The van der Waals surface area contributed by atoms with Gasteiger partial charge in [-0.05, 0) is 35.0 Å². The molecule has 2 heterocycles. The van der Waals surface area contributed by atoms with E-state index in [2.05, 4.69) is 10.4 Å². The number of ether oxygens (including phenoxy) is 2. The summed E-state index contributed by atoms with van der Waals surface area (Å²) in [5, 5.41) is 7.82. The quantitative estimate of drug-likeness (QED) is 0.796. The highest BCUT2D eigenvalue weighted by Crippen LogP contribution is 2.22. The van der Waals surface area contributed by atoms with Crippen LogP contribution in [0, 0.1) is 6.92 Å². The molecule has 1 aromatic heterocycles. The van der Waals surface area contributed by atoms with Gasteiger partial charge in [-0.25, -0.2) is 4.79 Å². The molecule has 0 amide bonds. The van der Waals surface area contributed by atoms with Gasteiger partial charge in [-0.3, -0.25) is 0 Å². The molecule has 0 unspecified atom stereocenters. The Bertz CT molecular complexity index is 657. The highest BCUT2D eigenvalue weighted by atomic mass is 16.5. The van der Waals surface area contributed by atoms with Gasteiger partial charge in [-0.1, -0.05) is 6.07 Å². The molecule has 0 aliphatic carbocycles. The normalized spacial score (nSPS) is 15.3. The highest BCUT2D eigenvalue weighted by Gasteiger charge is 2.25. The third-order valence-corrected chi connectivity index (χ3v) is 3.13. The first-order valence-electron chi connectivity index (χ1n) is 5.98. The second kappa shape index (κ2) is 4.51. The Labute approximate surface area is 109 Å². The third kappa shape index (κ3) is 1.91. The smallest absolute Gasteiger partial charge is 0.369 e. The van der Waals surface area contributed by atoms with Crippen molar-refractivity contribution in [3.05, 3.63) is 34.2 Å². The summed E-state index contributed by atoms with van der Waals surface area (Å²) in [4.78, 5) is 12.3. The Morgan fingerprint density at radius 2 is 2.16 bits per heavy atom. The number of aryl methyl sites for hydroxylation is 1. The molecular formula is C12H14N4O3. The molecule has 100 valence electrons. The summed E-state index contributed by atoms with van der Waals surface area (Å²) in [5.41, 5.74) is 1.33. The minimum absolute atomic E-state index is 0.0166. The van der Waals surface area contributed by atoms with Gasteiger partial charge in [-0.15, -0.1) is 0 Å². The van der Waals surface area contributed by atoms with Crippen LogP contribution in [0.1, 0.15) is 11.6 Å². The number of rotatable bonds is 3. The molecule has 1 aromatic carbocycles. The second-order valence-corrected chi connectivity index (χ2v) is 4.48. The number of hydrogen-bond donors (Lipinski definition) is 0. The van der Waals surface area contributed by atoms with Crippen LogP contribution in [0.4, 0.5) is 0 Å². The van der Waals surface area contributed by atoms with Crippen LogP contribution in [-0.4, -0.2) is 40.1 Å². The van der Waals surface area contributed by atoms with Crippen LogP contribution in [0.3, 0.4) is 0 Å². The van der Waals surface area contributed by atoms with E-state index in [1.807, 2.05) is 25.1 Å². The molecule has 7 nitrogen and oxygen atoms in total. The minimum Gasteiger partial charge on any atom is -0.494 e. The molecule has 1 saturated heterocycles. The molecule has 2 aromatic rings. The maximum atomic E-state index is 12.3. The second-order valence-electron chi connectivity index (χ2n) is 4.48. The molecule has 0 radical (unpaired) electrons. The number of aromatic nitrogens is 4. The zero-order valence-electron chi connectivity index (χ0n) is 10.7. The molecule has 0 atom stereocenters. The lowest BCUT2D eigenvalue weighted by Gasteiger charge is -2.24. The van der Waals surface area contributed by atoms with Crippen LogP contribution in [0.5, 0.6) is 5.75 Å². The molecule has 0 N–H and O–H groups in total. The predicted molar refractivity (Wildman–Crippen MR) is 66.8 cm³/mol. The Hall–Kier alpha value is -2.15. The van der Waals surface area contributed by atoms with Crippen molar-refractivity contribution in [3.63, 3.8) is 0 Å². The van der Waals surface area contributed by atoms with E-state index >= 15 is 0 Å². The van der Waals surface area contributed by atoms with Gasteiger partial charge in [0.1, 0.15) is 17.5 Å². The highest BCUT2D eigenvalue weighted by molar-refractivity contribution is 5.47. The van der Waals surface area contributed by atoms with Crippen molar-refractivity contribution in [2.45, 2.75) is 13.0 Å². The van der Waals surface area contributed by atoms with Crippen LogP contribution >= 0.6 is 0 Å². The topological polar surface area (TPSA) is 71.2 Å². The summed E-state index contributed by atoms with van der Waals surface area (Å²) < 4.78 is 12.9. The van der Waals surface area contributed by atoms with Gasteiger partial charge in [0.15, 0.2) is 0 Å². The molecule has 7 heteroatoms. The molecular weight excluding hydrogens is 248 g/mol. The number of tetrazole rings is 1. The summed E-state index contributed by atoms with van der Waals surface area (Å²) in [7, 11) is 1.56. The number of hydrogen-bond acceptors (Lipinski definition) is 5. The van der Waals surface area contributed by atoms with Gasteiger partial charge < -0.3 is 9.47 Å². The Kier molecular flexibility index (Phi) is 2.83. The van der Waals surface area contributed by atoms with Gasteiger partial charge in [-0.2, -0.15) is 9.36 Å². The first-order chi connectivity index (χ1) is 9.20. The van der Waals surface area contributed by atoms with Gasteiger partial charge in [0.2, 0.25) is 0 Å². The van der Waals surface area contributed by atoms with E-state index in [1.165, 1.54) is 9.36 Å². The van der Waals surface area contributed by atoms with Crippen molar-refractivity contribution in [1.29, 1.82) is 0 Å². The van der Waals surface area contributed by atoms with Crippen molar-refractivity contribution in [2.24, 2.45) is 0 Å². The molecule has 1 aliphatic heterocycles. The number of nitrogens with zero attached hydrogens (tertiary/aromatic N) is 4. The van der Waals surface area contributed by atoms with Crippen molar-refractivity contribution in [1.82, 2.24) is 19.8 Å². The summed E-state index contributed by atoms with van der Waals surface area (Å²) in [6.07, 6.45) is 0. The first kappa shape index (κ1) is 11.9. The van der Waals surface area contributed by atoms with Crippen molar-refractivity contribution >= 4 is 0 Å². The lowest BCUT2D eigenvalue weighted by molar-refractivity contribution is -0.0309. The zero-order chi connectivity index (χ0) is 13.4. The Balaban J connectivity index is 2.09. The molecule has 0 saturated carbocycles. The standard InChI is InChI=1S/C12H14N4O3/c1-8-3-4-11(18-2)10(5-8)16-12(17)15(13-14-16)9-6-19-7-9/h3-5,9H,6-7H2,1-2H3. The lowest BCUT2D eigenvalue weighted by atomic mass is 10.2. The van der Waals surface area contributed by atoms with Crippen molar-refractivity contribution < 1.29 is 9.47 Å². The van der Waals surface area contributed by atoms with E-state index in [4.69, 9.17) is 9.47 Å². The number of benzene rings is 1. The predicted octanol–water partition coefficient (Wildman–Crippen LogP) is 0.317. The van der Waals surface area contributed by atoms with E-state index in [1.54, 1.807) is 7.11 Å². The van der Waals surface area contributed by atoms with Crippen LogP contribution in [-0.2, 0) is 4.74 Å². The average Bonchev–Trinajstić information content (AvgIpc) is 2.69. The van der Waals surface area contributed by atoms with Gasteiger partial charge in [0, 0.05) is 0 Å². The van der Waals surface area contributed by atoms with Crippen LogP contribution in [0.25, 0.3) is 5.69 Å². The van der Waals surface area contributed by atoms with E-state index in [0.717, 1.165) is 5.56 Å². The maximum absolute atomic E-state index is 12.3. The summed E-state index contributed by atoms with van der Waals surface area (Å²) in [5.74, 6) is 0.588. The van der Waals surface area contributed by atoms with Crippen LogP contribution in [0.15, 0.2) is 23.0 Å². The van der Waals surface area contributed by atoms with Crippen molar-refractivity contribution in [3.8, 4) is 11.4 Å². The van der Waals surface area contributed by atoms with E-state index < -0.39 is 0 Å². The van der Waals surface area contributed by atoms with Gasteiger partial charge in [0.05, 0.1) is 20.3 Å². The first-order valence-corrected chi connectivity index (χ1v) is 5.98. The van der Waals surface area contributed by atoms with Crippen LogP contribution < -0.4 is 10.4 Å². The Morgan fingerprint density at radius 1 is 1.37 bits per heavy atom. The maximum Gasteiger partial charge on any atom is 0.369 e. The van der Waals surface area contributed by atoms with Crippen LogP contribution in [0.2, 0.25) is 0 Å². The number of methoxy groups -OCH3 is 1. The molecule has 1 fully saturated rings. The van der Waals surface area contributed by atoms with E-state index in [9.17, 15) is 4.79 Å². The van der Waals surface area contributed by atoms with E-state index in [0.29, 0.717) is 24.7 Å². The SMILES string of the molecule is COc1ccc(C)cc1-n1nnn(C2COC2)c1=O. The minimum atomic E-state index is -0.280. The fourth-order valence-corrected chi connectivity index (χ4v) is 1.97. The van der Waals surface area contributed by atoms with Gasteiger partial charge in [0.25, 0.3) is 0 Å². The lowest BCUT2D eigenvalue weighted by Crippen LogP contribution is -2.38. The van der Waals surface area contributed by atoms with Gasteiger partial charge >= 0.3 is 5.69 Å². The zero-order valence-corrected chi connectivity index (χ0v) is 10.7. The summed E-state index contributed by atoms with van der Waals surface area (Å²) in [6, 6.07) is 5.55. The monoisotopic (exact) mass is 262 g/mol. The molecule has 0 spiro atoms.